The SMILES string of the molecule is C[Si](C)(C)C#CC(O)c1ccccc1[N+](=O)[O-]. The summed E-state index contributed by atoms with van der Waals surface area (Å²) >= 11 is 0. The maximum Gasteiger partial charge on any atom is 0.276 e. The van der Waals surface area contributed by atoms with E-state index in [1.165, 1.54) is 12.1 Å². The van der Waals surface area contributed by atoms with Gasteiger partial charge in [0.1, 0.15) is 14.2 Å². The van der Waals surface area contributed by atoms with Gasteiger partial charge in [-0.1, -0.05) is 37.7 Å². The molecule has 1 aromatic rings. The number of aliphatic hydroxyl groups is 1. The number of aliphatic hydroxyl groups excluding tert-OH is 1. The lowest BCUT2D eigenvalue weighted by atomic mass is 10.1. The summed E-state index contributed by atoms with van der Waals surface area (Å²) in [6.45, 7) is 6.14. The minimum Gasteiger partial charge on any atom is -0.376 e. The van der Waals surface area contributed by atoms with Gasteiger partial charge in [0.25, 0.3) is 5.69 Å². The van der Waals surface area contributed by atoms with Crippen LogP contribution in [0.25, 0.3) is 0 Å². The second-order valence-electron chi connectivity index (χ2n) is 4.74. The number of para-hydroxylation sites is 1. The lowest BCUT2D eigenvalue weighted by Crippen LogP contribution is -2.17. The van der Waals surface area contributed by atoms with Crippen molar-refractivity contribution in [2.75, 3.05) is 0 Å². The van der Waals surface area contributed by atoms with Crippen LogP contribution in [0.3, 0.4) is 0 Å². The first-order valence-electron chi connectivity index (χ1n) is 5.25. The summed E-state index contributed by atoms with van der Waals surface area (Å²) in [6, 6.07) is 6.12. The molecule has 0 spiro atoms. The van der Waals surface area contributed by atoms with Gasteiger partial charge in [-0.2, -0.15) is 0 Å². The summed E-state index contributed by atoms with van der Waals surface area (Å²) in [7, 11) is -1.59. The van der Waals surface area contributed by atoms with E-state index < -0.39 is 19.1 Å². The second-order valence-corrected chi connectivity index (χ2v) is 9.49. The van der Waals surface area contributed by atoms with E-state index in [2.05, 4.69) is 11.5 Å². The molecule has 4 nitrogen and oxygen atoms in total. The molecule has 0 aliphatic rings. The highest BCUT2D eigenvalue weighted by Crippen LogP contribution is 2.24. The average molecular weight is 249 g/mol. The Morgan fingerprint density at radius 3 is 2.47 bits per heavy atom. The number of hydrogen-bond acceptors (Lipinski definition) is 3. The Balaban J connectivity index is 3.07. The van der Waals surface area contributed by atoms with Crippen LogP contribution in [0.5, 0.6) is 0 Å². The number of benzene rings is 1. The van der Waals surface area contributed by atoms with E-state index in [-0.39, 0.29) is 11.3 Å². The molecule has 0 radical (unpaired) electrons. The molecule has 0 aromatic heterocycles. The predicted molar refractivity (Wildman–Crippen MR) is 69.2 cm³/mol. The maximum atomic E-state index is 10.8. The molecule has 0 saturated heterocycles. The number of hydrogen-bond donors (Lipinski definition) is 1. The fraction of sp³-hybridized carbons (Fsp3) is 0.333. The van der Waals surface area contributed by atoms with Crippen molar-refractivity contribution >= 4 is 13.8 Å². The van der Waals surface area contributed by atoms with Gasteiger partial charge >= 0.3 is 0 Å². The molecule has 0 amide bonds. The third kappa shape index (κ3) is 4.02. The lowest BCUT2D eigenvalue weighted by molar-refractivity contribution is -0.386. The van der Waals surface area contributed by atoms with E-state index in [4.69, 9.17) is 0 Å². The Bertz CT molecular complexity index is 483. The van der Waals surface area contributed by atoms with Gasteiger partial charge in [0.15, 0.2) is 0 Å². The zero-order valence-corrected chi connectivity index (χ0v) is 11.1. The molecule has 1 rings (SSSR count). The Morgan fingerprint density at radius 2 is 1.94 bits per heavy atom. The molecule has 5 heteroatoms. The van der Waals surface area contributed by atoms with Crippen LogP contribution in [0.4, 0.5) is 5.69 Å². The maximum absolute atomic E-state index is 10.8. The third-order valence-electron chi connectivity index (χ3n) is 2.01. The molecule has 1 N–H and O–H groups in total. The minimum absolute atomic E-state index is 0.0927. The molecule has 0 saturated carbocycles. The molecule has 0 fully saturated rings. The predicted octanol–water partition coefficient (Wildman–Crippen LogP) is 2.51. The van der Waals surface area contributed by atoms with E-state index >= 15 is 0 Å². The summed E-state index contributed by atoms with van der Waals surface area (Å²) in [5, 5.41) is 20.6. The highest BCUT2D eigenvalue weighted by Gasteiger charge is 2.18. The normalized spacial score (nSPS) is 12.5. The lowest BCUT2D eigenvalue weighted by Gasteiger charge is -2.07. The van der Waals surface area contributed by atoms with Gasteiger partial charge in [-0.15, -0.1) is 5.54 Å². The fourth-order valence-corrected chi connectivity index (χ4v) is 1.82. The van der Waals surface area contributed by atoms with Gasteiger partial charge in [0.05, 0.1) is 10.5 Å². The number of nitro benzene ring substituents is 1. The van der Waals surface area contributed by atoms with Gasteiger partial charge in [-0.3, -0.25) is 10.1 Å². The smallest absolute Gasteiger partial charge is 0.276 e. The van der Waals surface area contributed by atoms with Crippen molar-refractivity contribution in [1.82, 2.24) is 0 Å². The van der Waals surface area contributed by atoms with Crippen molar-refractivity contribution in [2.24, 2.45) is 0 Å². The third-order valence-corrected chi connectivity index (χ3v) is 2.91. The van der Waals surface area contributed by atoms with Crippen molar-refractivity contribution in [3.8, 4) is 11.5 Å². The van der Waals surface area contributed by atoms with Crippen molar-refractivity contribution in [3.63, 3.8) is 0 Å². The standard InChI is InChI=1S/C12H15NO3Si/c1-17(2,3)9-8-12(14)10-6-4-5-7-11(10)13(15)16/h4-7,12,14H,1-3H3. The molecule has 90 valence electrons. The van der Waals surface area contributed by atoms with Gasteiger partial charge in [0, 0.05) is 6.07 Å². The molecule has 0 aliphatic carbocycles. The fourth-order valence-electron chi connectivity index (χ4n) is 1.25. The van der Waals surface area contributed by atoms with E-state index in [1.54, 1.807) is 12.1 Å². The quantitative estimate of drug-likeness (QED) is 0.379. The summed E-state index contributed by atoms with van der Waals surface area (Å²) in [5.41, 5.74) is 3.16. The molecular formula is C12H15NO3Si. The van der Waals surface area contributed by atoms with E-state index in [0.717, 1.165) is 0 Å². The summed E-state index contributed by atoms with van der Waals surface area (Å²) in [6.07, 6.45) is -1.09. The van der Waals surface area contributed by atoms with Crippen molar-refractivity contribution < 1.29 is 10.0 Å². The molecule has 0 aliphatic heterocycles. The van der Waals surface area contributed by atoms with Crippen LogP contribution in [-0.4, -0.2) is 18.1 Å². The van der Waals surface area contributed by atoms with Crippen LogP contribution >= 0.6 is 0 Å². The zero-order valence-electron chi connectivity index (χ0n) is 10.1. The number of nitro groups is 1. The van der Waals surface area contributed by atoms with Crippen LogP contribution in [0.1, 0.15) is 11.7 Å². The highest BCUT2D eigenvalue weighted by atomic mass is 28.3. The molecular weight excluding hydrogens is 234 g/mol. The van der Waals surface area contributed by atoms with Gasteiger partial charge in [0.2, 0.25) is 0 Å². The van der Waals surface area contributed by atoms with Crippen LogP contribution in [-0.2, 0) is 0 Å². The minimum atomic E-state index is -1.59. The van der Waals surface area contributed by atoms with Crippen molar-refractivity contribution in [2.45, 2.75) is 25.7 Å². The van der Waals surface area contributed by atoms with Crippen LogP contribution in [0.2, 0.25) is 19.6 Å². The summed E-state index contributed by atoms with van der Waals surface area (Å²) in [5.74, 6) is 2.70. The van der Waals surface area contributed by atoms with Crippen LogP contribution in [0.15, 0.2) is 24.3 Å². The topological polar surface area (TPSA) is 63.4 Å². The summed E-state index contributed by atoms with van der Waals surface area (Å²) < 4.78 is 0. The monoisotopic (exact) mass is 249 g/mol. The van der Waals surface area contributed by atoms with Crippen molar-refractivity contribution in [1.29, 1.82) is 0 Å². The van der Waals surface area contributed by atoms with Gasteiger partial charge in [-0.25, -0.2) is 0 Å². The van der Waals surface area contributed by atoms with Gasteiger partial charge < -0.3 is 5.11 Å². The number of nitrogens with zero attached hydrogens (tertiary/aromatic N) is 1. The Labute approximate surface area is 101 Å². The number of rotatable bonds is 2. The van der Waals surface area contributed by atoms with Crippen molar-refractivity contribution in [3.05, 3.63) is 39.9 Å². The Hall–Kier alpha value is -1.64. The largest absolute Gasteiger partial charge is 0.376 e. The Kier molecular flexibility index (Phi) is 4.05. The van der Waals surface area contributed by atoms with Crippen LogP contribution in [0, 0.1) is 21.6 Å². The zero-order chi connectivity index (χ0) is 13.1. The summed E-state index contributed by atoms with van der Waals surface area (Å²) in [4.78, 5) is 10.3. The second kappa shape index (κ2) is 5.12. The highest BCUT2D eigenvalue weighted by molar-refractivity contribution is 6.83. The van der Waals surface area contributed by atoms with Crippen LogP contribution < -0.4 is 0 Å². The first kappa shape index (κ1) is 13.4. The molecule has 0 bridgehead atoms. The molecule has 1 unspecified atom stereocenters. The van der Waals surface area contributed by atoms with Gasteiger partial charge in [-0.05, 0) is 6.07 Å². The van der Waals surface area contributed by atoms with E-state index in [0.29, 0.717) is 0 Å². The van der Waals surface area contributed by atoms with E-state index in [1.807, 2.05) is 19.6 Å². The van der Waals surface area contributed by atoms with E-state index in [9.17, 15) is 15.2 Å². The molecule has 17 heavy (non-hydrogen) atoms. The first-order valence-corrected chi connectivity index (χ1v) is 8.75. The first-order chi connectivity index (χ1) is 7.81. The molecule has 1 aromatic carbocycles. The average Bonchev–Trinajstić information content (AvgIpc) is 2.25. The molecule has 1 atom stereocenters. The molecule has 0 heterocycles. The Morgan fingerprint density at radius 1 is 1.35 bits per heavy atom.